The molecular formula is C17H29N. The molecule has 2 N–H and O–H groups in total. The first-order valence-electron chi connectivity index (χ1n) is 7.18. The molecule has 0 amide bonds. The fraction of sp³-hybridized carbons (Fsp3) is 0.647. The smallest absolute Gasteiger partial charge is 0.00970 e. The van der Waals surface area contributed by atoms with Crippen molar-refractivity contribution in [3.63, 3.8) is 0 Å². The predicted octanol–water partition coefficient (Wildman–Crippen LogP) is 4.57. The Morgan fingerprint density at radius 3 is 2.39 bits per heavy atom. The molecule has 0 saturated heterocycles. The Balaban J connectivity index is 2.54. The molecule has 0 aromatic heterocycles. The van der Waals surface area contributed by atoms with Crippen LogP contribution >= 0.6 is 0 Å². The van der Waals surface area contributed by atoms with E-state index in [9.17, 15) is 0 Å². The lowest BCUT2D eigenvalue weighted by molar-refractivity contribution is 0.450. The Hall–Kier alpha value is -0.820. The predicted molar refractivity (Wildman–Crippen MR) is 81.1 cm³/mol. The summed E-state index contributed by atoms with van der Waals surface area (Å²) in [6.45, 7) is 10.9. The maximum Gasteiger partial charge on any atom is 0.00970 e. The lowest BCUT2D eigenvalue weighted by atomic mass is 9.93. The van der Waals surface area contributed by atoms with Gasteiger partial charge < -0.3 is 5.73 Å². The summed E-state index contributed by atoms with van der Waals surface area (Å²) in [6.07, 6.45) is 4.75. The van der Waals surface area contributed by atoms with Crippen LogP contribution in [0.5, 0.6) is 0 Å². The number of rotatable bonds is 6. The van der Waals surface area contributed by atoms with Gasteiger partial charge in [0.25, 0.3) is 0 Å². The average Bonchev–Trinajstić information content (AvgIpc) is 2.24. The minimum atomic E-state index is -0.0190. The van der Waals surface area contributed by atoms with E-state index >= 15 is 0 Å². The van der Waals surface area contributed by atoms with Crippen LogP contribution in [-0.2, 0) is 6.42 Å². The number of nitrogens with two attached hydrogens (primary N) is 1. The Labute approximate surface area is 113 Å². The summed E-state index contributed by atoms with van der Waals surface area (Å²) in [4.78, 5) is 0. The van der Waals surface area contributed by atoms with Crippen molar-refractivity contribution in [2.24, 2.45) is 5.73 Å². The van der Waals surface area contributed by atoms with Crippen LogP contribution in [0, 0.1) is 6.92 Å². The molecule has 1 heteroatoms. The Morgan fingerprint density at radius 1 is 1.17 bits per heavy atom. The van der Waals surface area contributed by atoms with Crippen LogP contribution in [0.2, 0.25) is 0 Å². The summed E-state index contributed by atoms with van der Waals surface area (Å²) in [5.41, 5.74) is 10.4. The third-order valence-corrected chi connectivity index (χ3v) is 3.56. The van der Waals surface area contributed by atoms with Gasteiger partial charge >= 0.3 is 0 Å². The molecule has 102 valence electrons. The van der Waals surface area contributed by atoms with E-state index in [0.29, 0.717) is 5.92 Å². The van der Waals surface area contributed by atoms with Crippen LogP contribution in [0.1, 0.15) is 69.6 Å². The SMILES string of the molecule is Cc1ccc(C(C)C)cc1CCCCC(C)(C)N. The van der Waals surface area contributed by atoms with E-state index in [1.807, 2.05) is 0 Å². The first kappa shape index (κ1) is 15.2. The maximum absolute atomic E-state index is 6.01. The van der Waals surface area contributed by atoms with Gasteiger partial charge in [0.15, 0.2) is 0 Å². The summed E-state index contributed by atoms with van der Waals surface area (Å²) < 4.78 is 0. The zero-order chi connectivity index (χ0) is 13.8. The van der Waals surface area contributed by atoms with E-state index < -0.39 is 0 Å². The van der Waals surface area contributed by atoms with Gasteiger partial charge in [0.05, 0.1) is 0 Å². The normalized spacial score (nSPS) is 12.2. The molecular weight excluding hydrogens is 218 g/mol. The van der Waals surface area contributed by atoms with Gasteiger partial charge in [-0.05, 0) is 62.6 Å². The van der Waals surface area contributed by atoms with Crippen molar-refractivity contribution in [2.75, 3.05) is 0 Å². The topological polar surface area (TPSA) is 26.0 Å². The molecule has 1 aromatic rings. The fourth-order valence-electron chi connectivity index (χ4n) is 2.22. The first-order chi connectivity index (χ1) is 8.29. The molecule has 0 atom stereocenters. The van der Waals surface area contributed by atoms with Crippen LogP contribution < -0.4 is 5.73 Å². The van der Waals surface area contributed by atoms with E-state index in [4.69, 9.17) is 5.73 Å². The molecule has 0 saturated carbocycles. The quantitative estimate of drug-likeness (QED) is 0.732. The second-order valence-electron chi connectivity index (χ2n) is 6.54. The molecule has 0 radical (unpaired) electrons. The summed E-state index contributed by atoms with van der Waals surface area (Å²) in [6, 6.07) is 6.90. The van der Waals surface area contributed by atoms with Gasteiger partial charge in [-0.25, -0.2) is 0 Å². The average molecular weight is 247 g/mol. The zero-order valence-corrected chi connectivity index (χ0v) is 12.7. The standard InChI is InChI=1S/C17H29N/c1-13(2)15-10-9-14(3)16(12-15)8-6-7-11-17(4,5)18/h9-10,12-13H,6-8,11,18H2,1-5H3. The molecule has 0 fully saturated rings. The van der Waals surface area contributed by atoms with E-state index in [-0.39, 0.29) is 5.54 Å². The highest BCUT2D eigenvalue weighted by Gasteiger charge is 2.10. The molecule has 18 heavy (non-hydrogen) atoms. The van der Waals surface area contributed by atoms with Crippen LogP contribution in [0.3, 0.4) is 0 Å². The number of unbranched alkanes of at least 4 members (excludes halogenated alkanes) is 1. The highest BCUT2D eigenvalue weighted by Crippen LogP contribution is 2.20. The second-order valence-corrected chi connectivity index (χ2v) is 6.54. The lowest BCUT2D eigenvalue weighted by Gasteiger charge is -2.18. The van der Waals surface area contributed by atoms with Gasteiger partial charge in [-0.2, -0.15) is 0 Å². The van der Waals surface area contributed by atoms with Gasteiger partial charge in [-0.3, -0.25) is 0 Å². The number of hydrogen-bond donors (Lipinski definition) is 1. The molecule has 0 aliphatic rings. The van der Waals surface area contributed by atoms with Crippen molar-refractivity contribution in [1.82, 2.24) is 0 Å². The third-order valence-electron chi connectivity index (χ3n) is 3.56. The Kier molecular flexibility index (Phi) is 5.40. The van der Waals surface area contributed by atoms with Crippen LogP contribution in [0.4, 0.5) is 0 Å². The van der Waals surface area contributed by atoms with Crippen molar-refractivity contribution in [3.05, 3.63) is 34.9 Å². The van der Waals surface area contributed by atoms with E-state index in [1.54, 1.807) is 0 Å². The zero-order valence-electron chi connectivity index (χ0n) is 12.7. The molecule has 1 rings (SSSR count). The van der Waals surface area contributed by atoms with Crippen molar-refractivity contribution >= 4 is 0 Å². The molecule has 0 bridgehead atoms. The van der Waals surface area contributed by atoms with E-state index in [2.05, 4.69) is 52.8 Å². The Morgan fingerprint density at radius 2 is 1.83 bits per heavy atom. The van der Waals surface area contributed by atoms with Crippen molar-refractivity contribution < 1.29 is 0 Å². The van der Waals surface area contributed by atoms with E-state index in [0.717, 1.165) is 6.42 Å². The number of hydrogen-bond acceptors (Lipinski definition) is 1. The summed E-state index contributed by atoms with van der Waals surface area (Å²) in [7, 11) is 0. The summed E-state index contributed by atoms with van der Waals surface area (Å²) in [5, 5.41) is 0. The van der Waals surface area contributed by atoms with Gasteiger partial charge in [-0.1, -0.05) is 38.5 Å². The van der Waals surface area contributed by atoms with Gasteiger partial charge in [0.2, 0.25) is 0 Å². The van der Waals surface area contributed by atoms with Crippen LogP contribution in [0.15, 0.2) is 18.2 Å². The summed E-state index contributed by atoms with van der Waals surface area (Å²) >= 11 is 0. The Bertz CT molecular complexity index is 372. The molecule has 0 spiro atoms. The van der Waals surface area contributed by atoms with Crippen LogP contribution in [-0.4, -0.2) is 5.54 Å². The van der Waals surface area contributed by atoms with Crippen molar-refractivity contribution in [3.8, 4) is 0 Å². The molecule has 1 aromatic carbocycles. The number of benzene rings is 1. The summed E-state index contributed by atoms with van der Waals surface area (Å²) in [5.74, 6) is 0.618. The monoisotopic (exact) mass is 247 g/mol. The van der Waals surface area contributed by atoms with Gasteiger partial charge in [0, 0.05) is 5.54 Å². The third kappa shape index (κ3) is 5.22. The lowest BCUT2D eigenvalue weighted by Crippen LogP contribution is -2.31. The molecule has 0 aliphatic carbocycles. The molecule has 1 nitrogen and oxygen atoms in total. The highest BCUT2D eigenvalue weighted by atomic mass is 14.7. The highest BCUT2D eigenvalue weighted by molar-refractivity contribution is 5.32. The van der Waals surface area contributed by atoms with Crippen molar-refractivity contribution in [1.29, 1.82) is 0 Å². The van der Waals surface area contributed by atoms with Crippen LogP contribution in [0.25, 0.3) is 0 Å². The minimum absolute atomic E-state index is 0.0190. The van der Waals surface area contributed by atoms with Crippen molar-refractivity contribution in [2.45, 2.75) is 71.8 Å². The molecule has 0 aliphatic heterocycles. The molecule has 0 heterocycles. The molecule has 0 unspecified atom stereocenters. The first-order valence-corrected chi connectivity index (χ1v) is 7.18. The fourth-order valence-corrected chi connectivity index (χ4v) is 2.22. The van der Waals surface area contributed by atoms with Gasteiger partial charge in [-0.15, -0.1) is 0 Å². The maximum atomic E-state index is 6.01. The van der Waals surface area contributed by atoms with Gasteiger partial charge in [0.1, 0.15) is 0 Å². The second kappa shape index (κ2) is 6.38. The number of aryl methyl sites for hydroxylation is 2. The van der Waals surface area contributed by atoms with E-state index in [1.165, 1.54) is 36.0 Å². The largest absolute Gasteiger partial charge is 0.326 e. The minimum Gasteiger partial charge on any atom is -0.326 e.